The number of fused-ring (bicyclic) bond motifs is 1. The van der Waals surface area contributed by atoms with Crippen molar-refractivity contribution in [3.8, 4) is 11.4 Å². The second-order valence-electron chi connectivity index (χ2n) is 4.86. The van der Waals surface area contributed by atoms with E-state index >= 15 is 0 Å². The van der Waals surface area contributed by atoms with Crippen LogP contribution in [0.5, 0.6) is 0 Å². The number of nitrogens with one attached hydrogen (secondary N) is 1. The highest BCUT2D eigenvalue weighted by Gasteiger charge is 2.22. The summed E-state index contributed by atoms with van der Waals surface area (Å²) in [5.41, 5.74) is 1.57. The van der Waals surface area contributed by atoms with Crippen molar-refractivity contribution in [2.24, 2.45) is 0 Å². The predicted octanol–water partition coefficient (Wildman–Crippen LogP) is -0.205. The lowest BCUT2D eigenvalue weighted by molar-refractivity contribution is 0.0922. The zero-order valence-corrected chi connectivity index (χ0v) is 12.3. The molecular weight excluding hydrogens is 294 g/mol. The van der Waals surface area contributed by atoms with Crippen molar-refractivity contribution in [1.29, 1.82) is 0 Å². The van der Waals surface area contributed by atoms with Gasteiger partial charge in [0.05, 0.1) is 5.69 Å². The van der Waals surface area contributed by atoms with E-state index in [4.69, 9.17) is 0 Å². The third-order valence-corrected chi connectivity index (χ3v) is 4.00. The summed E-state index contributed by atoms with van der Waals surface area (Å²) in [7, 11) is -3.50. The molecule has 3 rings (SSSR count). The first-order valence-corrected chi connectivity index (χ1v) is 8.15. The third-order valence-electron chi connectivity index (χ3n) is 3.14. The number of aromatic nitrogens is 4. The summed E-state index contributed by atoms with van der Waals surface area (Å²) in [5, 5.41) is 2.45. The number of hydrogen-bond acceptors (Lipinski definition) is 6. The maximum Gasteiger partial charge on any atom is 0.287 e. The molecule has 1 N–H and O–H groups in total. The fourth-order valence-electron chi connectivity index (χ4n) is 2.11. The van der Waals surface area contributed by atoms with Gasteiger partial charge in [0.15, 0.2) is 5.82 Å². The first-order valence-electron chi connectivity index (χ1n) is 6.25. The van der Waals surface area contributed by atoms with E-state index in [1.807, 2.05) is 0 Å². The Labute approximate surface area is 121 Å². The van der Waals surface area contributed by atoms with Crippen molar-refractivity contribution in [2.75, 3.05) is 12.8 Å². The summed E-state index contributed by atoms with van der Waals surface area (Å²) in [4.78, 5) is 23.9. The summed E-state index contributed by atoms with van der Waals surface area (Å²) in [6.07, 6.45) is 4.19. The first kappa shape index (κ1) is 13.7. The Bertz CT molecular complexity index is 841. The predicted molar refractivity (Wildman–Crippen MR) is 73.4 cm³/mol. The van der Waals surface area contributed by atoms with Gasteiger partial charge < -0.3 is 9.88 Å². The van der Waals surface area contributed by atoms with Crippen molar-refractivity contribution < 1.29 is 13.2 Å². The van der Waals surface area contributed by atoms with Gasteiger partial charge in [-0.1, -0.05) is 0 Å². The molecule has 1 aliphatic rings. The molecule has 2 aromatic rings. The second kappa shape index (κ2) is 4.62. The number of carbonyl (C=O) groups is 1. The van der Waals surface area contributed by atoms with Crippen molar-refractivity contribution in [3.63, 3.8) is 0 Å². The van der Waals surface area contributed by atoms with Gasteiger partial charge in [-0.25, -0.2) is 23.4 Å². The van der Waals surface area contributed by atoms with Crippen LogP contribution in [-0.4, -0.2) is 46.6 Å². The lowest BCUT2D eigenvalue weighted by Crippen LogP contribution is -2.35. The van der Waals surface area contributed by atoms with Crippen LogP contribution in [0.1, 0.15) is 16.2 Å². The monoisotopic (exact) mass is 307 g/mol. The number of nitrogens with zero attached hydrogens (tertiary/aromatic N) is 4. The van der Waals surface area contributed by atoms with Crippen molar-refractivity contribution >= 4 is 15.7 Å². The SMILES string of the molecule is Cc1cnc(S(C)(=O)=O)nc1-c1cn2c(n1)C(=O)NCC2. The number of amides is 1. The van der Waals surface area contributed by atoms with Gasteiger partial charge >= 0.3 is 0 Å². The molecule has 0 atom stereocenters. The number of rotatable bonds is 2. The molecule has 1 aliphatic heterocycles. The Kier molecular flexibility index (Phi) is 3.01. The second-order valence-corrected chi connectivity index (χ2v) is 6.76. The highest BCUT2D eigenvalue weighted by atomic mass is 32.2. The molecule has 3 heterocycles. The molecule has 0 aliphatic carbocycles. The van der Waals surface area contributed by atoms with Gasteiger partial charge in [-0.2, -0.15) is 0 Å². The summed E-state index contributed by atoms with van der Waals surface area (Å²) >= 11 is 0. The zero-order valence-electron chi connectivity index (χ0n) is 11.5. The van der Waals surface area contributed by atoms with Gasteiger partial charge in [0.25, 0.3) is 5.91 Å². The minimum Gasteiger partial charge on any atom is -0.348 e. The van der Waals surface area contributed by atoms with Crippen LogP contribution in [0.4, 0.5) is 0 Å². The first-order chi connectivity index (χ1) is 9.86. The molecule has 0 aromatic carbocycles. The molecule has 21 heavy (non-hydrogen) atoms. The lowest BCUT2D eigenvalue weighted by atomic mass is 10.2. The molecule has 0 radical (unpaired) electrons. The molecule has 0 saturated heterocycles. The maximum absolute atomic E-state index is 11.7. The molecule has 0 fully saturated rings. The molecule has 8 nitrogen and oxygen atoms in total. The standard InChI is InChI=1S/C12H13N5O3S/c1-7-5-14-12(21(2,19)20)16-9(7)8-6-17-4-3-13-11(18)10(17)15-8/h5-6H,3-4H2,1-2H3,(H,13,18). The maximum atomic E-state index is 11.7. The highest BCUT2D eigenvalue weighted by molar-refractivity contribution is 7.90. The van der Waals surface area contributed by atoms with Gasteiger partial charge in [0.2, 0.25) is 15.0 Å². The van der Waals surface area contributed by atoms with Gasteiger partial charge in [-0.3, -0.25) is 4.79 Å². The smallest absolute Gasteiger partial charge is 0.287 e. The zero-order chi connectivity index (χ0) is 15.2. The van der Waals surface area contributed by atoms with Crippen LogP contribution >= 0.6 is 0 Å². The van der Waals surface area contributed by atoms with Crippen molar-refractivity contribution in [1.82, 2.24) is 24.8 Å². The fourth-order valence-corrected chi connectivity index (χ4v) is 2.62. The largest absolute Gasteiger partial charge is 0.348 e. The molecule has 0 spiro atoms. The number of imidazole rings is 1. The van der Waals surface area contributed by atoms with E-state index in [0.717, 1.165) is 6.26 Å². The van der Waals surface area contributed by atoms with Crippen LogP contribution in [-0.2, 0) is 16.4 Å². The van der Waals surface area contributed by atoms with Crippen molar-refractivity contribution in [2.45, 2.75) is 18.6 Å². The number of carbonyl (C=O) groups excluding carboxylic acids is 1. The average Bonchev–Trinajstić information content (AvgIpc) is 2.83. The van der Waals surface area contributed by atoms with E-state index in [1.165, 1.54) is 6.20 Å². The van der Waals surface area contributed by atoms with E-state index in [1.54, 1.807) is 17.7 Å². The minimum absolute atomic E-state index is 0.248. The van der Waals surface area contributed by atoms with E-state index in [-0.39, 0.29) is 11.1 Å². The third kappa shape index (κ3) is 2.40. The molecule has 0 saturated carbocycles. The molecule has 110 valence electrons. The van der Waals surface area contributed by atoms with Crippen LogP contribution in [0.25, 0.3) is 11.4 Å². The van der Waals surface area contributed by atoms with Crippen LogP contribution in [0.15, 0.2) is 17.6 Å². The molecule has 9 heteroatoms. The molecule has 0 bridgehead atoms. The Balaban J connectivity index is 2.15. The topological polar surface area (TPSA) is 107 Å². The Morgan fingerprint density at radius 3 is 2.76 bits per heavy atom. The number of sulfone groups is 1. The van der Waals surface area contributed by atoms with Crippen LogP contribution in [0.2, 0.25) is 0 Å². The lowest BCUT2D eigenvalue weighted by Gasteiger charge is -2.13. The Morgan fingerprint density at radius 1 is 1.33 bits per heavy atom. The molecule has 0 unspecified atom stereocenters. The van der Waals surface area contributed by atoms with Crippen LogP contribution in [0, 0.1) is 6.92 Å². The molecule has 1 amide bonds. The van der Waals surface area contributed by atoms with Crippen LogP contribution < -0.4 is 5.32 Å². The van der Waals surface area contributed by atoms with E-state index in [9.17, 15) is 13.2 Å². The minimum atomic E-state index is -3.50. The van der Waals surface area contributed by atoms with E-state index in [2.05, 4.69) is 20.3 Å². The Hall–Kier alpha value is -2.29. The summed E-state index contributed by atoms with van der Waals surface area (Å²) < 4.78 is 24.9. The van der Waals surface area contributed by atoms with Gasteiger partial charge in [0, 0.05) is 31.7 Å². The summed E-state index contributed by atoms with van der Waals surface area (Å²) in [5.74, 6) is 0.0534. The van der Waals surface area contributed by atoms with E-state index in [0.29, 0.717) is 35.9 Å². The normalized spacial score (nSPS) is 14.7. The summed E-state index contributed by atoms with van der Waals surface area (Å²) in [6, 6.07) is 0. The van der Waals surface area contributed by atoms with E-state index < -0.39 is 9.84 Å². The van der Waals surface area contributed by atoms with Crippen LogP contribution in [0.3, 0.4) is 0 Å². The van der Waals surface area contributed by atoms with Gasteiger partial charge in [-0.05, 0) is 12.5 Å². The molecule has 2 aromatic heterocycles. The number of aryl methyl sites for hydroxylation is 1. The Morgan fingerprint density at radius 2 is 2.10 bits per heavy atom. The van der Waals surface area contributed by atoms with Crippen molar-refractivity contribution in [3.05, 3.63) is 23.8 Å². The summed E-state index contributed by atoms with van der Waals surface area (Å²) in [6.45, 7) is 2.93. The number of hydrogen-bond donors (Lipinski definition) is 1. The molecular formula is C12H13N5O3S. The average molecular weight is 307 g/mol. The highest BCUT2D eigenvalue weighted by Crippen LogP contribution is 2.22. The van der Waals surface area contributed by atoms with Gasteiger partial charge in [0.1, 0.15) is 5.69 Å². The fraction of sp³-hybridized carbons (Fsp3) is 0.333. The van der Waals surface area contributed by atoms with Gasteiger partial charge in [-0.15, -0.1) is 0 Å². The quantitative estimate of drug-likeness (QED) is 0.770.